The van der Waals surface area contributed by atoms with Crippen molar-refractivity contribution in [3.63, 3.8) is 0 Å². The van der Waals surface area contributed by atoms with Crippen LogP contribution in [0.25, 0.3) is 0 Å². The van der Waals surface area contributed by atoms with Crippen molar-refractivity contribution in [3.05, 3.63) is 36.2 Å². The fourth-order valence-electron chi connectivity index (χ4n) is 3.34. The quantitative estimate of drug-likeness (QED) is 0.841. The van der Waals surface area contributed by atoms with Crippen LogP contribution < -0.4 is 20.5 Å². The van der Waals surface area contributed by atoms with Crippen molar-refractivity contribution in [2.75, 3.05) is 11.9 Å². The molecule has 142 valence electrons. The molecule has 1 aromatic heterocycles. The number of ether oxygens (including phenoxy) is 2. The molecule has 2 aliphatic rings. The van der Waals surface area contributed by atoms with Gasteiger partial charge in [-0.15, -0.1) is 0 Å². The average molecular weight is 368 g/mol. The van der Waals surface area contributed by atoms with Crippen molar-refractivity contribution in [3.8, 4) is 17.5 Å². The number of benzene rings is 1. The van der Waals surface area contributed by atoms with Gasteiger partial charge in [0.1, 0.15) is 11.5 Å². The van der Waals surface area contributed by atoms with E-state index in [4.69, 9.17) is 15.2 Å². The summed E-state index contributed by atoms with van der Waals surface area (Å²) in [6.07, 6.45) is 6.90. The number of rotatable bonds is 5. The summed E-state index contributed by atoms with van der Waals surface area (Å²) in [5.41, 5.74) is 6.80. The predicted molar refractivity (Wildman–Crippen MR) is 101 cm³/mol. The molecule has 1 aliphatic carbocycles. The van der Waals surface area contributed by atoms with Crippen LogP contribution in [-0.2, 0) is 10.2 Å². The molecule has 1 spiro atoms. The molecule has 2 heterocycles. The van der Waals surface area contributed by atoms with Crippen LogP contribution in [-0.4, -0.2) is 28.0 Å². The molecule has 7 heteroatoms. The van der Waals surface area contributed by atoms with Crippen molar-refractivity contribution in [2.45, 2.75) is 50.5 Å². The minimum absolute atomic E-state index is 0.184. The van der Waals surface area contributed by atoms with E-state index in [1.54, 1.807) is 6.92 Å². The number of anilines is 1. The van der Waals surface area contributed by atoms with Crippen LogP contribution in [0.1, 0.15) is 45.1 Å². The Kier molecular flexibility index (Phi) is 4.26. The maximum Gasteiger partial charge on any atom is 0.322 e. The van der Waals surface area contributed by atoms with E-state index < -0.39 is 5.54 Å². The molecule has 4 rings (SSSR count). The molecule has 1 unspecified atom stereocenters. The predicted octanol–water partition coefficient (Wildman–Crippen LogP) is 3.15. The van der Waals surface area contributed by atoms with Crippen LogP contribution in [0.3, 0.4) is 0 Å². The first-order valence-electron chi connectivity index (χ1n) is 9.30. The highest BCUT2D eigenvalue weighted by atomic mass is 16.5. The number of fused-ring (bicyclic) bond motifs is 2. The van der Waals surface area contributed by atoms with Crippen molar-refractivity contribution in [2.24, 2.45) is 5.73 Å². The molecule has 27 heavy (non-hydrogen) atoms. The Hall–Kier alpha value is -2.67. The Morgan fingerprint density at radius 2 is 2.07 bits per heavy atom. The second-order valence-electron chi connectivity index (χ2n) is 7.59. The number of aromatic nitrogens is 2. The third-order valence-electron chi connectivity index (χ3n) is 5.55. The second kappa shape index (κ2) is 6.49. The zero-order valence-corrected chi connectivity index (χ0v) is 15.6. The molecule has 1 atom stereocenters. The molecule has 7 nitrogen and oxygen atoms in total. The van der Waals surface area contributed by atoms with E-state index in [9.17, 15) is 4.79 Å². The summed E-state index contributed by atoms with van der Waals surface area (Å²) in [5, 5.41) is 2.73. The number of nitrogens with two attached hydrogens (primary N) is 1. The number of amides is 1. The summed E-state index contributed by atoms with van der Waals surface area (Å²) in [6.45, 7) is 4.30. The minimum Gasteiger partial charge on any atom is -0.493 e. The van der Waals surface area contributed by atoms with Crippen LogP contribution in [0, 0.1) is 0 Å². The molecule has 0 bridgehead atoms. The zero-order valence-electron chi connectivity index (χ0n) is 15.6. The number of carbonyl (C=O) groups is 1. The van der Waals surface area contributed by atoms with Crippen molar-refractivity contribution < 1.29 is 14.3 Å². The maximum absolute atomic E-state index is 12.1. The van der Waals surface area contributed by atoms with Crippen molar-refractivity contribution in [1.82, 2.24) is 9.97 Å². The van der Waals surface area contributed by atoms with Gasteiger partial charge in [0.2, 0.25) is 5.91 Å². The van der Waals surface area contributed by atoms with E-state index in [1.165, 1.54) is 12.4 Å². The first kappa shape index (κ1) is 17.7. The van der Waals surface area contributed by atoms with E-state index >= 15 is 0 Å². The van der Waals surface area contributed by atoms with Gasteiger partial charge in [0.25, 0.3) is 0 Å². The van der Waals surface area contributed by atoms with Crippen LogP contribution in [0.2, 0.25) is 0 Å². The summed E-state index contributed by atoms with van der Waals surface area (Å²) in [6, 6.07) is 6.05. The Morgan fingerprint density at radius 3 is 2.74 bits per heavy atom. The molecule has 1 aromatic carbocycles. The first-order valence-corrected chi connectivity index (χ1v) is 9.30. The summed E-state index contributed by atoms with van der Waals surface area (Å²) in [5.74, 6) is 1.36. The fourth-order valence-corrected chi connectivity index (χ4v) is 3.34. The number of nitrogens with one attached hydrogen (secondary N) is 1. The Labute approximate surface area is 158 Å². The lowest BCUT2D eigenvalue weighted by Crippen LogP contribution is -2.47. The molecule has 2 aromatic rings. The number of nitrogens with zero attached hydrogens (tertiary/aromatic N) is 2. The van der Waals surface area contributed by atoms with E-state index in [1.807, 2.05) is 25.1 Å². The van der Waals surface area contributed by atoms with E-state index in [0.717, 1.165) is 42.9 Å². The number of hydrogen-bond acceptors (Lipinski definition) is 6. The van der Waals surface area contributed by atoms with Crippen molar-refractivity contribution in [1.29, 1.82) is 0 Å². The van der Waals surface area contributed by atoms with Gasteiger partial charge in [-0.05, 0) is 44.7 Å². The van der Waals surface area contributed by atoms with Crippen LogP contribution in [0.15, 0.2) is 30.6 Å². The molecule has 1 saturated carbocycles. The highest BCUT2D eigenvalue weighted by Gasteiger charge is 2.49. The lowest BCUT2D eigenvalue weighted by Gasteiger charge is -2.27. The van der Waals surface area contributed by atoms with E-state index in [-0.39, 0.29) is 17.3 Å². The molecule has 0 saturated heterocycles. The SMILES string of the molecule is CCC(C)(N)C(=O)Nc1cnc(Oc2cccc3c2C2(CCO3)CC2)nc1. The lowest BCUT2D eigenvalue weighted by atomic mass is 9.89. The topological polar surface area (TPSA) is 99.4 Å². The first-order chi connectivity index (χ1) is 12.9. The smallest absolute Gasteiger partial charge is 0.322 e. The molecule has 0 radical (unpaired) electrons. The van der Waals surface area contributed by atoms with Gasteiger partial charge < -0.3 is 20.5 Å². The number of hydrogen-bond donors (Lipinski definition) is 2. The van der Waals surface area contributed by atoms with E-state index in [0.29, 0.717) is 12.1 Å². The third kappa shape index (κ3) is 3.35. The minimum atomic E-state index is -0.934. The summed E-state index contributed by atoms with van der Waals surface area (Å²) in [4.78, 5) is 20.6. The summed E-state index contributed by atoms with van der Waals surface area (Å²) < 4.78 is 11.8. The molecule has 1 amide bonds. The van der Waals surface area contributed by atoms with Gasteiger partial charge >= 0.3 is 6.01 Å². The second-order valence-corrected chi connectivity index (χ2v) is 7.59. The highest BCUT2D eigenvalue weighted by molar-refractivity contribution is 5.97. The Balaban J connectivity index is 1.51. The van der Waals surface area contributed by atoms with Gasteiger partial charge in [-0.3, -0.25) is 4.79 Å². The van der Waals surface area contributed by atoms with Gasteiger partial charge in [0, 0.05) is 11.0 Å². The zero-order chi connectivity index (χ0) is 19.1. The molecular weight excluding hydrogens is 344 g/mol. The normalized spacial score (nSPS) is 18.8. The molecule has 1 aliphatic heterocycles. The third-order valence-corrected chi connectivity index (χ3v) is 5.55. The monoisotopic (exact) mass is 368 g/mol. The van der Waals surface area contributed by atoms with Crippen LogP contribution >= 0.6 is 0 Å². The Morgan fingerprint density at radius 1 is 1.33 bits per heavy atom. The van der Waals surface area contributed by atoms with E-state index in [2.05, 4.69) is 15.3 Å². The van der Waals surface area contributed by atoms with Gasteiger partial charge in [-0.25, -0.2) is 9.97 Å². The standard InChI is InChI=1S/C20H24N4O3/c1-3-19(2,21)17(25)24-13-11-22-18(23-12-13)27-15-6-4-5-14-16(15)20(7-8-20)9-10-26-14/h4-6,11-12H,3,7-10,21H2,1-2H3,(H,24,25). The van der Waals surface area contributed by atoms with Crippen molar-refractivity contribution >= 4 is 11.6 Å². The summed E-state index contributed by atoms with van der Waals surface area (Å²) in [7, 11) is 0. The fraction of sp³-hybridized carbons (Fsp3) is 0.450. The van der Waals surface area contributed by atoms with Gasteiger partial charge in [-0.1, -0.05) is 13.0 Å². The molecule has 1 fully saturated rings. The number of carbonyl (C=O) groups excluding carboxylic acids is 1. The van der Waals surface area contributed by atoms with Gasteiger partial charge in [0.05, 0.1) is 30.2 Å². The molecule has 3 N–H and O–H groups in total. The Bertz CT molecular complexity index is 860. The largest absolute Gasteiger partial charge is 0.493 e. The summed E-state index contributed by atoms with van der Waals surface area (Å²) >= 11 is 0. The van der Waals surface area contributed by atoms with Crippen LogP contribution in [0.5, 0.6) is 17.5 Å². The highest BCUT2D eigenvalue weighted by Crippen LogP contribution is 2.59. The van der Waals surface area contributed by atoms with Gasteiger partial charge in [-0.2, -0.15) is 0 Å². The molecular formula is C20H24N4O3. The average Bonchev–Trinajstić information content (AvgIpc) is 3.43. The lowest BCUT2D eigenvalue weighted by molar-refractivity contribution is -0.120. The maximum atomic E-state index is 12.1. The van der Waals surface area contributed by atoms with Crippen LogP contribution in [0.4, 0.5) is 5.69 Å². The van der Waals surface area contributed by atoms with Gasteiger partial charge in [0.15, 0.2) is 0 Å².